The van der Waals surface area contributed by atoms with E-state index in [4.69, 9.17) is 4.98 Å². The highest BCUT2D eigenvalue weighted by molar-refractivity contribution is 5.22. The second-order valence-electron chi connectivity index (χ2n) is 7.15. The first-order valence-electron chi connectivity index (χ1n) is 9.09. The first kappa shape index (κ1) is 14.9. The van der Waals surface area contributed by atoms with Crippen LogP contribution in [-0.4, -0.2) is 27.5 Å². The lowest BCUT2D eigenvalue weighted by molar-refractivity contribution is 0.251. The van der Waals surface area contributed by atoms with Gasteiger partial charge in [0.2, 0.25) is 0 Å². The summed E-state index contributed by atoms with van der Waals surface area (Å²) in [6, 6.07) is 12.0. The third-order valence-corrected chi connectivity index (χ3v) is 5.74. The summed E-state index contributed by atoms with van der Waals surface area (Å²) < 4.78 is 2.58. The van der Waals surface area contributed by atoms with Gasteiger partial charge in [-0.1, -0.05) is 30.3 Å². The van der Waals surface area contributed by atoms with Crippen LogP contribution >= 0.6 is 0 Å². The molecule has 0 radical (unpaired) electrons. The molecule has 1 aromatic heterocycles. The second kappa shape index (κ2) is 6.12. The lowest BCUT2D eigenvalue weighted by Gasteiger charge is -2.26. The van der Waals surface area contributed by atoms with E-state index >= 15 is 0 Å². The highest BCUT2D eigenvalue weighted by atomic mass is 15.2. The summed E-state index contributed by atoms with van der Waals surface area (Å²) >= 11 is 0. The van der Waals surface area contributed by atoms with Crippen LogP contribution in [0.5, 0.6) is 0 Å². The summed E-state index contributed by atoms with van der Waals surface area (Å²) in [4.78, 5) is 7.50. The molecule has 3 nitrogen and oxygen atoms in total. The van der Waals surface area contributed by atoms with Crippen LogP contribution in [0.4, 0.5) is 0 Å². The molecule has 3 heteroatoms. The van der Waals surface area contributed by atoms with Crippen molar-refractivity contribution >= 4 is 0 Å². The van der Waals surface area contributed by atoms with Crippen LogP contribution in [0.15, 0.2) is 30.3 Å². The molecule has 1 fully saturated rings. The Bertz CT molecular complexity index is 674. The van der Waals surface area contributed by atoms with Crippen LogP contribution in [-0.2, 0) is 12.8 Å². The zero-order chi connectivity index (χ0) is 15.8. The molecule has 0 bridgehead atoms. The van der Waals surface area contributed by atoms with Gasteiger partial charge in [0.25, 0.3) is 0 Å². The molecule has 122 valence electrons. The molecule has 0 N–H and O–H groups in total. The van der Waals surface area contributed by atoms with Crippen LogP contribution in [0, 0.1) is 6.92 Å². The van der Waals surface area contributed by atoms with Crippen molar-refractivity contribution in [2.45, 2.75) is 58.0 Å². The zero-order valence-electron chi connectivity index (χ0n) is 14.3. The number of hydrogen-bond acceptors (Lipinski definition) is 2. The summed E-state index contributed by atoms with van der Waals surface area (Å²) in [5.41, 5.74) is 4.34. The molecule has 4 rings (SSSR count). The van der Waals surface area contributed by atoms with Crippen LogP contribution in [0.1, 0.15) is 61.0 Å². The minimum atomic E-state index is 0.501. The van der Waals surface area contributed by atoms with Crippen LogP contribution in [0.3, 0.4) is 0 Å². The maximum absolute atomic E-state index is 4.87. The van der Waals surface area contributed by atoms with E-state index in [1.54, 1.807) is 0 Å². The number of aromatic nitrogens is 2. The average molecular weight is 309 g/mol. The molecule has 2 atom stereocenters. The van der Waals surface area contributed by atoms with E-state index in [1.807, 2.05) is 0 Å². The van der Waals surface area contributed by atoms with Gasteiger partial charge in [-0.15, -0.1) is 0 Å². The number of benzene rings is 1. The van der Waals surface area contributed by atoms with Gasteiger partial charge in [0.15, 0.2) is 0 Å². The Kier molecular flexibility index (Phi) is 3.98. The zero-order valence-corrected chi connectivity index (χ0v) is 14.3. The maximum atomic E-state index is 4.87. The molecule has 1 aliphatic heterocycles. The number of rotatable bonds is 3. The van der Waals surface area contributed by atoms with E-state index in [0.29, 0.717) is 12.1 Å². The summed E-state index contributed by atoms with van der Waals surface area (Å²) in [6.45, 7) is 6.88. The third kappa shape index (κ3) is 2.72. The van der Waals surface area contributed by atoms with Gasteiger partial charge < -0.3 is 4.57 Å². The summed E-state index contributed by atoms with van der Waals surface area (Å²) in [5.74, 6) is 1.23. The largest absolute Gasteiger partial charge is 0.328 e. The first-order valence-corrected chi connectivity index (χ1v) is 9.09. The normalized spacial score (nSPS) is 23.0. The van der Waals surface area contributed by atoms with Gasteiger partial charge in [0.05, 0.1) is 5.69 Å². The second-order valence-corrected chi connectivity index (χ2v) is 7.15. The molecule has 2 heterocycles. The molecule has 1 saturated heterocycles. The summed E-state index contributed by atoms with van der Waals surface area (Å²) in [5, 5.41) is 0. The van der Waals surface area contributed by atoms with Crippen molar-refractivity contribution in [3.05, 3.63) is 53.1 Å². The number of aryl methyl sites for hydroxylation is 2. The molecule has 0 spiro atoms. The van der Waals surface area contributed by atoms with Gasteiger partial charge in [0, 0.05) is 30.9 Å². The predicted octanol–water partition coefficient (Wildman–Crippen LogP) is 4.08. The van der Waals surface area contributed by atoms with E-state index in [-0.39, 0.29) is 0 Å². The molecule has 0 saturated carbocycles. The van der Waals surface area contributed by atoms with Crippen molar-refractivity contribution in [1.29, 1.82) is 0 Å². The molecule has 0 amide bonds. The lowest BCUT2D eigenvalue weighted by atomic mass is 10.0. The Morgan fingerprint density at radius 1 is 1.13 bits per heavy atom. The average Bonchev–Trinajstić information content (AvgIpc) is 3.18. The van der Waals surface area contributed by atoms with Gasteiger partial charge in [0.1, 0.15) is 5.82 Å². The molecule has 0 unspecified atom stereocenters. The number of hydrogen-bond donors (Lipinski definition) is 0. The van der Waals surface area contributed by atoms with Crippen molar-refractivity contribution in [3.63, 3.8) is 0 Å². The smallest absolute Gasteiger partial charge is 0.106 e. The number of fused-ring (bicyclic) bond motifs is 1. The van der Waals surface area contributed by atoms with Crippen LogP contribution in [0.25, 0.3) is 0 Å². The fraction of sp³-hybridized carbons (Fsp3) is 0.550. The van der Waals surface area contributed by atoms with Gasteiger partial charge in [-0.25, -0.2) is 4.98 Å². The molecule has 23 heavy (non-hydrogen) atoms. The Hall–Kier alpha value is -1.61. The number of imidazole rings is 1. The Morgan fingerprint density at radius 2 is 1.91 bits per heavy atom. The van der Waals surface area contributed by atoms with Crippen molar-refractivity contribution in [2.75, 3.05) is 13.1 Å². The van der Waals surface area contributed by atoms with Gasteiger partial charge in [-0.05, 0) is 51.5 Å². The fourth-order valence-electron chi connectivity index (χ4n) is 4.46. The van der Waals surface area contributed by atoms with Gasteiger partial charge >= 0.3 is 0 Å². The first-order chi connectivity index (χ1) is 11.2. The molecule has 1 aliphatic carbocycles. The molecule has 2 aliphatic rings. The van der Waals surface area contributed by atoms with E-state index in [9.17, 15) is 0 Å². The fourth-order valence-corrected chi connectivity index (χ4v) is 4.46. The van der Waals surface area contributed by atoms with Crippen LogP contribution in [0.2, 0.25) is 0 Å². The van der Waals surface area contributed by atoms with E-state index in [1.165, 1.54) is 61.4 Å². The van der Waals surface area contributed by atoms with Crippen LogP contribution < -0.4 is 0 Å². The predicted molar refractivity (Wildman–Crippen MR) is 93.7 cm³/mol. The highest BCUT2D eigenvalue weighted by Crippen LogP contribution is 2.33. The highest BCUT2D eigenvalue weighted by Gasteiger charge is 2.31. The maximum Gasteiger partial charge on any atom is 0.106 e. The summed E-state index contributed by atoms with van der Waals surface area (Å²) in [7, 11) is 0. The molecule has 2 aromatic rings. The topological polar surface area (TPSA) is 21.1 Å². The van der Waals surface area contributed by atoms with Crippen molar-refractivity contribution in [3.8, 4) is 0 Å². The number of nitrogens with zero attached hydrogens (tertiary/aromatic N) is 3. The quantitative estimate of drug-likeness (QED) is 0.852. The third-order valence-electron chi connectivity index (χ3n) is 5.74. The Morgan fingerprint density at radius 3 is 2.74 bits per heavy atom. The lowest BCUT2D eigenvalue weighted by Crippen LogP contribution is -2.26. The van der Waals surface area contributed by atoms with Crippen molar-refractivity contribution in [1.82, 2.24) is 14.5 Å². The molecule has 1 aromatic carbocycles. The van der Waals surface area contributed by atoms with Gasteiger partial charge in [-0.3, -0.25) is 4.90 Å². The van der Waals surface area contributed by atoms with Gasteiger partial charge in [-0.2, -0.15) is 0 Å². The SMILES string of the molecule is Cc1nc2c(n1[C@@H]1CCN([C@H](C)c3ccccc3)C1)CCCC2. The Balaban J connectivity index is 1.54. The standard InChI is InChI=1S/C20H27N3/c1-15(17-8-4-3-5-9-17)22-13-12-18(14-22)23-16(2)21-19-10-6-7-11-20(19)23/h3-5,8-9,15,18H,6-7,10-14H2,1-2H3/t15-,18-/m1/s1. The Labute approximate surface area is 139 Å². The summed E-state index contributed by atoms with van der Waals surface area (Å²) in [6.07, 6.45) is 6.29. The van der Waals surface area contributed by atoms with E-state index in [0.717, 1.165) is 6.54 Å². The molecular formula is C20H27N3. The van der Waals surface area contributed by atoms with E-state index < -0.39 is 0 Å². The minimum absolute atomic E-state index is 0.501. The monoisotopic (exact) mass is 309 g/mol. The van der Waals surface area contributed by atoms with Crippen molar-refractivity contribution in [2.24, 2.45) is 0 Å². The molecular weight excluding hydrogens is 282 g/mol. The minimum Gasteiger partial charge on any atom is -0.328 e. The number of likely N-dealkylation sites (tertiary alicyclic amines) is 1. The van der Waals surface area contributed by atoms with E-state index in [2.05, 4.69) is 53.6 Å². The van der Waals surface area contributed by atoms with Crippen molar-refractivity contribution < 1.29 is 0 Å².